The number of hydrogen-bond donors (Lipinski definition) is 3. The Kier molecular flexibility index (Phi) is 5.87. The lowest BCUT2D eigenvalue weighted by atomic mass is 10.0. The molecule has 2 unspecified atom stereocenters. The minimum absolute atomic E-state index is 0.159. The van der Waals surface area contributed by atoms with Gasteiger partial charge in [-0.05, 0) is 43.0 Å². The molecule has 0 saturated carbocycles. The normalized spacial score (nSPS) is 18.7. The van der Waals surface area contributed by atoms with E-state index < -0.39 is 0 Å². The second-order valence-electron chi connectivity index (χ2n) is 5.12. The van der Waals surface area contributed by atoms with Crippen molar-refractivity contribution < 1.29 is 14.3 Å². The highest BCUT2D eigenvalue weighted by Gasteiger charge is 2.22. The highest BCUT2D eigenvalue weighted by atomic mass is 32.2. The van der Waals surface area contributed by atoms with Crippen molar-refractivity contribution in [3.8, 4) is 0 Å². The number of thioether (sulfide) groups is 1. The number of halogens is 1. The van der Waals surface area contributed by atoms with Crippen LogP contribution in [0.2, 0.25) is 0 Å². The molecule has 0 aliphatic carbocycles. The molecule has 0 fully saturated rings. The van der Waals surface area contributed by atoms with Crippen LogP contribution >= 0.6 is 11.8 Å². The van der Waals surface area contributed by atoms with Crippen LogP contribution in [0.1, 0.15) is 37.8 Å². The van der Waals surface area contributed by atoms with E-state index in [1.54, 1.807) is 17.8 Å². The molecule has 1 aliphatic rings. The molecule has 6 heteroatoms. The molecule has 1 heterocycles. The lowest BCUT2D eigenvalue weighted by Gasteiger charge is -2.26. The van der Waals surface area contributed by atoms with Crippen LogP contribution in [0.4, 0.5) is 9.18 Å². The number of benzene rings is 1. The Balaban J connectivity index is 1.89. The predicted molar refractivity (Wildman–Crippen MR) is 81.9 cm³/mol. The Labute approximate surface area is 128 Å². The Morgan fingerprint density at radius 2 is 2.38 bits per heavy atom. The number of aliphatic hydroxyl groups excluding tert-OH is 1. The first-order valence-electron chi connectivity index (χ1n) is 7.24. The van der Waals surface area contributed by atoms with E-state index in [1.807, 2.05) is 6.92 Å². The Hall–Kier alpha value is -1.27. The third-order valence-corrected chi connectivity index (χ3v) is 4.67. The molecule has 1 aromatic carbocycles. The van der Waals surface area contributed by atoms with Gasteiger partial charge in [-0.2, -0.15) is 0 Å². The average molecular weight is 312 g/mol. The number of urea groups is 1. The Bertz CT molecular complexity index is 499. The monoisotopic (exact) mass is 312 g/mol. The maximum Gasteiger partial charge on any atom is 0.315 e. The Morgan fingerprint density at radius 1 is 1.57 bits per heavy atom. The van der Waals surface area contributed by atoms with Crippen LogP contribution in [0, 0.1) is 5.82 Å². The first-order valence-corrected chi connectivity index (χ1v) is 8.23. The molecule has 21 heavy (non-hydrogen) atoms. The highest BCUT2D eigenvalue weighted by Crippen LogP contribution is 2.36. The summed E-state index contributed by atoms with van der Waals surface area (Å²) in [5.74, 6) is 0.618. The zero-order valence-corrected chi connectivity index (χ0v) is 12.9. The van der Waals surface area contributed by atoms with Crippen molar-refractivity contribution in [2.75, 3.05) is 12.3 Å². The number of hydrogen-bond acceptors (Lipinski definition) is 3. The summed E-state index contributed by atoms with van der Waals surface area (Å²) < 4.78 is 13.4. The molecule has 1 aromatic rings. The molecule has 2 amide bonds. The maximum absolute atomic E-state index is 13.4. The number of fused-ring (bicyclic) bond motifs is 1. The lowest BCUT2D eigenvalue weighted by molar-refractivity contribution is 0.160. The van der Waals surface area contributed by atoms with Crippen molar-refractivity contribution in [1.82, 2.24) is 10.6 Å². The van der Waals surface area contributed by atoms with Gasteiger partial charge in [-0.1, -0.05) is 6.92 Å². The third kappa shape index (κ3) is 4.61. The first kappa shape index (κ1) is 16.1. The number of amides is 2. The topological polar surface area (TPSA) is 61.4 Å². The van der Waals surface area contributed by atoms with Crippen LogP contribution in [0.3, 0.4) is 0 Å². The number of carbonyl (C=O) groups is 1. The van der Waals surface area contributed by atoms with E-state index in [1.165, 1.54) is 12.1 Å². The molecule has 4 nitrogen and oxygen atoms in total. The second-order valence-corrected chi connectivity index (χ2v) is 6.26. The fraction of sp³-hybridized carbons (Fsp3) is 0.533. The van der Waals surface area contributed by atoms with Gasteiger partial charge >= 0.3 is 6.03 Å². The quantitative estimate of drug-likeness (QED) is 0.783. The van der Waals surface area contributed by atoms with Crippen molar-refractivity contribution in [2.45, 2.75) is 43.2 Å². The van der Waals surface area contributed by atoms with Crippen LogP contribution in [-0.4, -0.2) is 29.5 Å². The van der Waals surface area contributed by atoms with Crippen LogP contribution in [0.5, 0.6) is 0 Å². The zero-order valence-electron chi connectivity index (χ0n) is 12.1. The first-order chi connectivity index (χ1) is 10.1. The SMILES string of the molecule is CCC(O)CCNC(=O)NC1CCSc2ccc(F)cc21. The number of carbonyl (C=O) groups excluding carboxylic acids is 1. The van der Waals surface area contributed by atoms with Crippen molar-refractivity contribution in [3.05, 3.63) is 29.6 Å². The summed E-state index contributed by atoms with van der Waals surface area (Å²) in [5.41, 5.74) is 0.843. The van der Waals surface area contributed by atoms with E-state index in [4.69, 9.17) is 0 Å². The molecular formula is C15H21FN2O2S. The smallest absolute Gasteiger partial charge is 0.315 e. The molecule has 2 rings (SSSR count). The number of aliphatic hydroxyl groups is 1. The predicted octanol–water partition coefficient (Wildman–Crippen LogP) is 2.82. The summed E-state index contributed by atoms with van der Waals surface area (Å²) in [6.07, 6.45) is 1.61. The van der Waals surface area contributed by atoms with Gasteiger partial charge in [0.1, 0.15) is 5.82 Å². The minimum atomic E-state index is -0.383. The second kappa shape index (κ2) is 7.66. The van der Waals surface area contributed by atoms with Crippen LogP contribution < -0.4 is 10.6 Å². The van der Waals surface area contributed by atoms with E-state index in [0.717, 1.165) is 22.6 Å². The van der Waals surface area contributed by atoms with Crippen LogP contribution in [-0.2, 0) is 0 Å². The highest BCUT2D eigenvalue weighted by molar-refractivity contribution is 7.99. The van der Waals surface area contributed by atoms with Crippen molar-refractivity contribution in [1.29, 1.82) is 0 Å². The van der Waals surface area contributed by atoms with Gasteiger partial charge in [-0.3, -0.25) is 0 Å². The fourth-order valence-corrected chi connectivity index (χ4v) is 3.39. The summed E-state index contributed by atoms with van der Waals surface area (Å²) in [4.78, 5) is 12.9. The molecule has 116 valence electrons. The van der Waals surface area contributed by atoms with Crippen LogP contribution in [0.15, 0.2) is 23.1 Å². The number of nitrogens with one attached hydrogen (secondary N) is 2. The summed E-state index contributed by atoms with van der Waals surface area (Å²) in [6.45, 7) is 2.33. The van der Waals surface area contributed by atoms with Crippen molar-refractivity contribution in [3.63, 3.8) is 0 Å². The van der Waals surface area contributed by atoms with Gasteiger partial charge in [0.05, 0.1) is 12.1 Å². The van der Waals surface area contributed by atoms with Gasteiger partial charge < -0.3 is 15.7 Å². The molecule has 2 atom stereocenters. The van der Waals surface area contributed by atoms with E-state index >= 15 is 0 Å². The van der Waals surface area contributed by atoms with E-state index in [0.29, 0.717) is 19.4 Å². The van der Waals surface area contributed by atoms with E-state index in [9.17, 15) is 14.3 Å². The standard InChI is InChI=1S/C15H21FN2O2S/c1-2-11(19)5-7-17-15(20)18-13-6-8-21-14-4-3-10(16)9-12(13)14/h3-4,9,11,13,19H,2,5-8H2,1H3,(H2,17,18,20). The van der Waals surface area contributed by atoms with Gasteiger partial charge in [0.25, 0.3) is 0 Å². The molecule has 1 aliphatic heterocycles. The molecule has 0 aromatic heterocycles. The molecule has 3 N–H and O–H groups in total. The zero-order chi connectivity index (χ0) is 15.2. The molecule has 0 radical (unpaired) electrons. The Morgan fingerprint density at radius 3 is 3.14 bits per heavy atom. The van der Waals surface area contributed by atoms with Gasteiger partial charge in [0, 0.05) is 17.2 Å². The van der Waals surface area contributed by atoms with Gasteiger partial charge in [-0.15, -0.1) is 11.8 Å². The van der Waals surface area contributed by atoms with Crippen molar-refractivity contribution in [2.24, 2.45) is 0 Å². The number of rotatable bonds is 5. The minimum Gasteiger partial charge on any atom is -0.393 e. The van der Waals surface area contributed by atoms with Gasteiger partial charge in [0.15, 0.2) is 0 Å². The van der Waals surface area contributed by atoms with Gasteiger partial charge in [-0.25, -0.2) is 9.18 Å². The van der Waals surface area contributed by atoms with E-state index in [-0.39, 0.29) is 24.0 Å². The summed E-state index contributed by atoms with van der Waals surface area (Å²) >= 11 is 1.68. The largest absolute Gasteiger partial charge is 0.393 e. The third-order valence-electron chi connectivity index (χ3n) is 3.55. The summed E-state index contributed by atoms with van der Waals surface area (Å²) in [6, 6.07) is 4.27. The van der Waals surface area contributed by atoms with Gasteiger partial charge in [0.2, 0.25) is 0 Å². The van der Waals surface area contributed by atoms with Crippen LogP contribution in [0.25, 0.3) is 0 Å². The average Bonchev–Trinajstić information content (AvgIpc) is 2.47. The van der Waals surface area contributed by atoms with Crippen molar-refractivity contribution >= 4 is 17.8 Å². The van der Waals surface area contributed by atoms with E-state index in [2.05, 4.69) is 10.6 Å². The maximum atomic E-state index is 13.4. The summed E-state index contributed by atoms with van der Waals surface area (Å²) in [7, 11) is 0. The molecule has 0 saturated heterocycles. The molecular weight excluding hydrogens is 291 g/mol. The fourth-order valence-electron chi connectivity index (χ4n) is 2.28. The molecule has 0 bridgehead atoms. The lowest BCUT2D eigenvalue weighted by Crippen LogP contribution is -2.40. The molecule has 0 spiro atoms. The summed E-state index contributed by atoms with van der Waals surface area (Å²) in [5, 5.41) is 15.0.